The molecule has 0 aromatic heterocycles. The highest BCUT2D eigenvalue weighted by molar-refractivity contribution is 6.23. The van der Waals surface area contributed by atoms with Gasteiger partial charge in [0, 0.05) is 11.9 Å². The highest BCUT2D eigenvalue weighted by Crippen LogP contribution is 2.27. The van der Waals surface area contributed by atoms with Gasteiger partial charge in [-0.1, -0.05) is 11.6 Å². The van der Waals surface area contributed by atoms with Crippen molar-refractivity contribution < 1.29 is 9.13 Å². The second kappa shape index (κ2) is 5.48. The fraction of sp³-hybridized carbons (Fsp3) is 0.308. The highest BCUT2D eigenvalue weighted by Gasteiger charge is 2.21. The predicted molar refractivity (Wildman–Crippen MR) is 75.1 cm³/mol. The summed E-state index contributed by atoms with van der Waals surface area (Å²) in [5, 5.41) is 0. The van der Waals surface area contributed by atoms with Gasteiger partial charge in [-0.05, 0) is 38.1 Å². The Morgan fingerprint density at radius 2 is 2.00 bits per heavy atom. The van der Waals surface area contributed by atoms with Crippen molar-refractivity contribution in [2.24, 2.45) is 10.7 Å². The zero-order chi connectivity index (χ0) is 14.0. The molecule has 1 atom stereocenters. The van der Waals surface area contributed by atoms with E-state index >= 15 is 0 Å². The highest BCUT2D eigenvalue weighted by atomic mass is 35.5. The Balaban J connectivity index is 2.19. The van der Waals surface area contributed by atoms with Gasteiger partial charge >= 0.3 is 0 Å². The predicted octanol–water partition coefficient (Wildman–Crippen LogP) is 2.98. The Labute approximate surface area is 116 Å². The number of hydrogen-bond donors (Lipinski definition) is 1. The number of nitrogens with zero attached hydrogens (tertiary/aromatic N) is 2. The van der Waals surface area contributed by atoms with Crippen molar-refractivity contribution in [3.63, 3.8) is 0 Å². The van der Waals surface area contributed by atoms with E-state index in [1.54, 1.807) is 24.3 Å². The monoisotopic (exact) mass is 283 g/mol. The number of nitrogens with two attached hydrogens (primary N) is 1. The molecule has 1 aromatic carbocycles. The molecule has 102 valence electrons. The van der Waals surface area contributed by atoms with Crippen molar-refractivity contribution >= 4 is 23.1 Å². The van der Waals surface area contributed by atoms with Crippen LogP contribution in [0.5, 0.6) is 5.75 Å². The minimum Gasteiger partial charge on any atom is -0.491 e. The Bertz CT molecular complexity index is 513. The molecule has 6 heteroatoms. The number of amidine groups is 1. The summed E-state index contributed by atoms with van der Waals surface area (Å²) in [5.74, 6) is -0.0373. The maximum Gasteiger partial charge on any atom is 0.203 e. The van der Waals surface area contributed by atoms with Crippen molar-refractivity contribution in [1.29, 1.82) is 0 Å². The lowest BCUT2D eigenvalue weighted by atomic mass is 10.2. The molecule has 1 heterocycles. The van der Waals surface area contributed by atoms with Gasteiger partial charge in [-0.2, -0.15) is 0 Å². The molecule has 2 rings (SSSR count). The topological polar surface area (TPSA) is 50.9 Å². The van der Waals surface area contributed by atoms with Crippen LogP contribution in [0.25, 0.3) is 0 Å². The minimum absolute atomic E-state index is 0.100. The van der Waals surface area contributed by atoms with E-state index < -0.39 is 11.5 Å². The number of benzene rings is 1. The molecule has 0 amide bonds. The smallest absolute Gasteiger partial charge is 0.203 e. The van der Waals surface area contributed by atoms with E-state index in [4.69, 9.17) is 22.1 Å². The summed E-state index contributed by atoms with van der Waals surface area (Å²) in [6.07, 6.45) is 1.33. The van der Waals surface area contributed by atoms with E-state index in [1.807, 2.05) is 13.8 Å². The first kappa shape index (κ1) is 13.7. The Kier molecular flexibility index (Phi) is 3.95. The van der Waals surface area contributed by atoms with E-state index in [0.717, 1.165) is 5.75 Å². The van der Waals surface area contributed by atoms with Gasteiger partial charge in [0.25, 0.3) is 0 Å². The Hall–Kier alpha value is -1.75. The third-order valence-electron chi connectivity index (χ3n) is 2.48. The van der Waals surface area contributed by atoms with Crippen LogP contribution in [0.2, 0.25) is 0 Å². The SMILES string of the molecule is CC(C)Oc1ccc(N2C=C(F)C(N)=NC2Cl)cc1. The maximum absolute atomic E-state index is 13.4. The molecule has 1 aliphatic rings. The van der Waals surface area contributed by atoms with Crippen LogP contribution in [0, 0.1) is 0 Å². The van der Waals surface area contributed by atoms with Crippen molar-refractivity contribution in [3.8, 4) is 5.75 Å². The second-order valence-electron chi connectivity index (χ2n) is 4.37. The van der Waals surface area contributed by atoms with Crippen LogP contribution in [0.15, 0.2) is 41.3 Å². The standard InChI is InChI=1S/C13H15ClFN3O/c1-8(2)19-10-5-3-9(4-6-10)18-7-11(15)12(16)17-13(18)14/h3-8,13H,1-2H3,(H2,16,17). The van der Waals surface area contributed by atoms with Gasteiger partial charge in [0.15, 0.2) is 11.7 Å². The van der Waals surface area contributed by atoms with E-state index in [0.29, 0.717) is 5.69 Å². The fourth-order valence-electron chi connectivity index (χ4n) is 1.65. The molecular weight excluding hydrogens is 269 g/mol. The third-order valence-corrected chi connectivity index (χ3v) is 2.79. The molecule has 1 aliphatic heterocycles. The molecule has 0 fully saturated rings. The lowest BCUT2D eigenvalue weighted by Gasteiger charge is -2.26. The van der Waals surface area contributed by atoms with Crippen LogP contribution in [0.1, 0.15) is 13.8 Å². The molecule has 0 aliphatic carbocycles. The molecule has 19 heavy (non-hydrogen) atoms. The van der Waals surface area contributed by atoms with Gasteiger partial charge in [0.2, 0.25) is 5.62 Å². The maximum atomic E-state index is 13.4. The van der Waals surface area contributed by atoms with E-state index in [2.05, 4.69) is 4.99 Å². The summed E-state index contributed by atoms with van der Waals surface area (Å²) in [5.41, 5.74) is 5.32. The molecule has 1 aromatic rings. The number of aliphatic imine (C=N–C) groups is 1. The fourth-order valence-corrected chi connectivity index (χ4v) is 1.93. The van der Waals surface area contributed by atoms with E-state index in [9.17, 15) is 4.39 Å². The normalized spacial score (nSPS) is 19.2. The summed E-state index contributed by atoms with van der Waals surface area (Å²) >= 11 is 6.02. The van der Waals surface area contributed by atoms with Crippen molar-refractivity contribution in [3.05, 3.63) is 36.3 Å². The molecule has 0 radical (unpaired) electrons. The van der Waals surface area contributed by atoms with Crippen LogP contribution in [-0.2, 0) is 0 Å². The van der Waals surface area contributed by atoms with Gasteiger partial charge in [0.05, 0.1) is 6.10 Å². The molecule has 2 N–H and O–H groups in total. The second-order valence-corrected chi connectivity index (χ2v) is 4.76. The van der Waals surface area contributed by atoms with Gasteiger partial charge in [0.1, 0.15) is 5.75 Å². The number of anilines is 1. The van der Waals surface area contributed by atoms with Crippen LogP contribution in [0.3, 0.4) is 0 Å². The molecule has 4 nitrogen and oxygen atoms in total. The zero-order valence-corrected chi connectivity index (χ0v) is 11.4. The summed E-state index contributed by atoms with van der Waals surface area (Å²) < 4.78 is 19.0. The van der Waals surface area contributed by atoms with E-state index in [1.165, 1.54) is 11.1 Å². The average molecular weight is 284 g/mol. The molecule has 1 unspecified atom stereocenters. The van der Waals surface area contributed by atoms with E-state index in [-0.39, 0.29) is 11.9 Å². The molecule has 0 saturated carbocycles. The number of halogens is 2. The Morgan fingerprint density at radius 3 is 2.58 bits per heavy atom. The summed E-state index contributed by atoms with van der Waals surface area (Å²) in [7, 11) is 0. The van der Waals surface area contributed by atoms with Gasteiger partial charge in [-0.15, -0.1) is 0 Å². The van der Waals surface area contributed by atoms with Crippen LogP contribution >= 0.6 is 11.6 Å². The number of ether oxygens (including phenoxy) is 1. The largest absolute Gasteiger partial charge is 0.491 e. The number of hydrogen-bond acceptors (Lipinski definition) is 4. The zero-order valence-electron chi connectivity index (χ0n) is 10.7. The van der Waals surface area contributed by atoms with Gasteiger partial charge in [-0.3, -0.25) is 0 Å². The average Bonchev–Trinajstić information content (AvgIpc) is 2.34. The summed E-state index contributed by atoms with van der Waals surface area (Å²) in [6.45, 7) is 3.89. The quantitative estimate of drug-likeness (QED) is 0.685. The van der Waals surface area contributed by atoms with Gasteiger partial charge in [-0.25, -0.2) is 9.38 Å². The van der Waals surface area contributed by atoms with Crippen LogP contribution in [-0.4, -0.2) is 17.6 Å². The van der Waals surface area contributed by atoms with Crippen molar-refractivity contribution in [2.75, 3.05) is 4.90 Å². The lowest BCUT2D eigenvalue weighted by Crippen LogP contribution is -2.32. The first-order valence-corrected chi connectivity index (χ1v) is 6.31. The first-order chi connectivity index (χ1) is 8.97. The first-order valence-electron chi connectivity index (χ1n) is 5.87. The summed E-state index contributed by atoms with van der Waals surface area (Å²) in [6, 6.07) is 7.17. The molecule has 0 bridgehead atoms. The van der Waals surface area contributed by atoms with Gasteiger partial charge < -0.3 is 15.4 Å². The van der Waals surface area contributed by atoms with Crippen molar-refractivity contribution in [1.82, 2.24) is 0 Å². The van der Waals surface area contributed by atoms with Crippen molar-refractivity contribution in [2.45, 2.75) is 25.6 Å². The van der Waals surface area contributed by atoms with Crippen LogP contribution in [0.4, 0.5) is 10.1 Å². The number of rotatable bonds is 3. The number of alkyl halides is 1. The molecular formula is C13H15ClFN3O. The summed E-state index contributed by atoms with van der Waals surface area (Å²) in [4.78, 5) is 5.30. The third kappa shape index (κ3) is 3.17. The molecule has 0 saturated heterocycles. The van der Waals surface area contributed by atoms with Crippen LogP contribution < -0.4 is 15.4 Å². The molecule has 0 spiro atoms. The Morgan fingerprint density at radius 1 is 1.37 bits per heavy atom. The lowest BCUT2D eigenvalue weighted by molar-refractivity contribution is 0.242. The minimum atomic E-state index is -0.753.